The molecule has 0 fully saturated rings. The molecule has 1 aromatic heterocycles. The summed E-state index contributed by atoms with van der Waals surface area (Å²) in [5.41, 5.74) is 2.19. The van der Waals surface area contributed by atoms with Gasteiger partial charge in [0.1, 0.15) is 0 Å². The standard InChI is InChI=1S/C12H11ClN4O2/c1-8-5-15-9(6-14-8)7-16-12-3-2-10(17(18)19)4-11(12)13/h2-6,16H,7H2,1H3. The zero-order chi connectivity index (χ0) is 13.8. The van der Waals surface area contributed by atoms with E-state index in [1.807, 2.05) is 6.92 Å². The van der Waals surface area contributed by atoms with Crippen LogP contribution in [-0.4, -0.2) is 14.9 Å². The number of benzene rings is 1. The molecular weight excluding hydrogens is 268 g/mol. The predicted molar refractivity (Wildman–Crippen MR) is 72.2 cm³/mol. The summed E-state index contributed by atoms with van der Waals surface area (Å²) in [7, 11) is 0. The van der Waals surface area contributed by atoms with Crippen LogP contribution in [0.1, 0.15) is 11.4 Å². The summed E-state index contributed by atoms with van der Waals surface area (Å²) >= 11 is 5.96. The van der Waals surface area contributed by atoms with Gasteiger partial charge in [-0.1, -0.05) is 11.6 Å². The number of halogens is 1. The van der Waals surface area contributed by atoms with E-state index in [0.717, 1.165) is 11.4 Å². The fraction of sp³-hybridized carbons (Fsp3) is 0.167. The maximum atomic E-state index is 10.6. The van der Waals surface area contributed by atoms with Gasteiger partial charge in [0.15, 0.2) is 0 Å². The molecular formula is C12H11ClN4O2. The molecule has 0 aliphatic carbocycles. The largest absolute Gasteiger partial charge is 0.378 e. The highest BCUT2D eigenvalue weighted by atomic mass is 35.5. The SMILES string of the molecule is Cc1cnc(CNc2ccc([N+](=O)[O-])cc2Cl)cn1. The summed E-state index contributed by atoms with van der Waals surface area (Å²) in [5, 5.41) is 13.9. The Balaban J connectivity index is 2.07. The molecule has 1 aromatic carbocycles. The first kappa shape index (κ1) is 13.2. The highest BCUT2D eigenvalue weighted by molar-refractivity contribution is 6.33. The first-order chi connectivity index (χ1) is 9.06. The number of nitro groups is 1. The summed E-state index contributed by atoms with van der Waals surface area (Å²) in [6.07, 6.45) is 3.34. The lowest BCUT2D eigenvalue weighted by Crippen LogP contribution is -2.03. The van der Waals surface area contributed by atoms with E-state index < -0.39 is 4.92 Å². The minimum Gasteiger partial charge on any atom is -0.378 e. The van der Waals surface area contributed by atoms with Crippen molar-refractivity contribution in [1.82, 2.24) is 9.97 Å². The van der Waals surface area contributed by atoms with E-state index in [2.05, 4.69) is 15.3 Å². The summed E-state index contributed by atoms with van der Waals surface area (Å²) in [5.74, 6) is 0. The molecule has 2 rings (SSSR count). The Bertz CT molecular complexity index is 601. The van der Waals surface area contributed by atoms with Crippen LogP contribution in [0.2, 0.25) is 5.02 Å². The Morgan fingerprint density at radius 3 is 2.74 bits per heavy atom. The van der Waals surface area contributed by atoms with Crippen molar-refractivity contribution < 1.29 is 4.92 Å². The molecule has 0 spiro atoms. The van der Waals surface area contributed by atoms with Gasteiger partial charge in [0, 0.05) is 18.3 Å². The van der Waals surface area contributed by atoms with Crippen molar-refractivity contribution in [1.29, 1.82) is 0 Å². The van der Waals surface area contributed by atoms with Crippen molar-refractivity contribution in [3.63, 3.8) is 0 Å². The fourth-order valence-corrected chi connectivity index (χ4v) is 1.70. The van der Waals surface area contributed by atoms with Crippen molar-refractivity contribution in [3.05, 3.63) is 57.1 Å². The van der Waals surface area contributed by atoms with Gasteiger partial charge in [-0.3, -0.25) is 20.1 Å². The Morgan fingerprint density at radius 1 is 1.37 bits per heavy atom. The van der Waals surface area contributed by atoms with Crippen LogP contribution in [0.25, 0.3) is 0 Å². The highest BCUT2D eigenvalue weighted by Gasteiger charge is 2.09. The van der Waals surface area contributed by atoms with Gasteiger partial charge >= 0.3 is 0 Å². The number of nitrogens with one attached hydrogen (secondary N) is 1. The molecule has 19 heavy (non-hydrogen) atoms. The van der Waals surface area contributed by atoms with Crippen molar-refractivity contribution in [2.45, 2.75) is 13.5 Å². The van der Waals surface area contributed by atoms with Crippen molar-refractivity contribution in [2.75, 3.05) is 5.32 Å². The zero-order valence-electron chi connectivity index (χ0n) is 10.1. The minimum atomic E-state index is -0.485. The van der Waals surface area contributed by atoms with Gasteiger partial charge in [0.05, 0.1) is 39.8 Å². The number of aryl methyl sites for hydroxylation is 1. The molecule has 2 aromatic rings. The predicted octanol–water partition coefficient (Wildman–Crippen LogP) is 2.96. The monoisotopic (exact) mass is 278 g/mol. The van der Waals surface area contributed by atoms with Gasteiger partial charge in [-0.15, -0.1) is 0 Å². The molecule has 6 nitrogen and oxygen atoms in total. The summed E-state index contributed by atoms with van der Waals surface area (Å²) in [6.45, 7) is 2.31. The van der Waals surface area contributed by atoms with Crippen LogP contribution in [0.4, 0.5) is 11.4 Å². The molecule has 98 valence electrons. The maximum Gasteiger partial charge on any atom is 0.271 e. The van der Waals surface area contributed by atoms with Crippen LogP contribution in [-0.2, 0) is 6.54 Å². The van der Waals surface area contributed by atoms with Crippen LogP contribution < -0.4 is 5.32 Å². The van der Waals surface area contributed by atoms with E-state index in [-0.39, 0.29) is 5.69 Å². The highest BCUT2D eigenvalue weighted by Crippen LogP contribution is 2.26. The summed E-state index contributed by atoms with van der Waals surface area (Å²) in [6, 6.07) is 4.28. The first-order valence-corrected chi connectivity index (χ1v) is 5.89. The van der Waals surface area contributed by atoms with E-state index in [4.69, 9.17) is 11.6 Å². The number of aromatic nitrogens is 2. The van der Waals surface area contributed by atoms with E-state index in [9.17, 15) is 10.1 Å². The smallest absolute Gasteiger partial charge is 0.271 e. The molecule has 1 heterocycles. The molecule has 0 atom stereocenters. The minimum absolute atomic E-state index is 0.0364. The summed E-state index contributed by atoms with van der Waals surface area (Å²) in [4.78, 5) is 18.4. The van der Waals surface area contributed by atoms with Crippen LogP contribution >= 0.6 is 11.6 Å². The fourth-order valence-electron chi connectivity index (χ4n) is 1.46. The second-order valence-electron chi connectivity index (χ2n) is 3.92. The molecule has 0 unspecified atom stereocenters. The van der Waals surface area contributed by atoms with Crippen molar-refractivity contribution in [2.24, 2.45) is 0 Å². The number of nitro benzene ring substituents is 1. The molecule has 0 radical (unpaired) electrons. The van der Waals surface area contributed by atoms with Gasteiger partial charge in [-0.2, -0.15) is 0 Å². The molecule has 0 aliphatic rings. The van der Waals surface area contributed by atoms with Crippen LogP contribution in [0, 0.1) is 17.0 Å². The molecule has 0 saturated carbocycles. The molecule has 0 aliphatic heterocycles. The molecule has 7 heteroatoms. The number of hydrogen-bond acceptors (Lipinski definition) is 5. The van der Waals surface area contributed by atoms with Gasteiger partial charge in [0.25, 0.3) is 5.69 Å². The van der Waals surface area contributed by atoms with Gasteiger partial charge in [-0.05, 0) is 13.0 Å². The first-order valence-electron chi connectivity index (χ1n) is 5.51. The lowest BCUT2D eigenvalue weighted by Gasteiger charge is -2.07. The number of non-ortho nitro benzene ring substituents is 1. The van der Waals surface area contributed by atoms with Crippen molar-refractivity contribution >= 4 is 23.0 Å². The van der Waals surface area contributed by atoms with Gasteiger partial charge < -0.3 is 5.32 Å². The number of nitrogens with zero attached hydrogens (tertiary/aromatic N) is 3. The second kappa shape index (κ2) is 5.62. The second-order valence-corrected chi connectivity index (χ2v) is 4.33. The molecule has 0 amide bonds. The Labute approximate surface area is 114 Å². The lowest BCUT2D eigenvalue weighted by molar-refractivity contribution is -0.384. The third kappa shape index (κ3) is 3.38. The molecule has 0 saturated heterocycles. The van der Waals surface area contributed by atoms with E-state index >= 15 is 0 Å². The topological polar surface area (TPSA) is 81.0 Å². The van der Waals surface area contributed by atoms with Crippen LogP contribution in [0.15, 0.2) is 30.6 Å². The molecule has 1 N–H and O–H groups in total. The number of rotatable bonds is 4. The normalized spacial score (nSPS) is 10.2. The van der Waals surface area contributed by atoms with Crippen LogP contribution in [0.3, 0.4) is 0 Å². The van der Waals surface area contributed by atoms with Gasteiger partial charge in [0.2, 0.25) is 0 Å². The third-order valence-electron chi connectivity index (χ3n) is 2.46. The van der Waals surface area contributed by atoms with E-state index in [1.165, 1.54) is 12.1 Å². The molecule has 0 bridgehead atoms. The average molecular weight is 279 g/mol. The Hall–Kier alpha value is -2.21. The summed E-state index contributed by atoms with van der Waals surface area (Å²) < 4.78 is 0. The number of hydrogen-bond donors (Lipinski definition) is 1. The van der Waals surface area contributed by atoms with Gasteiger partial charge in [-0.25, -0.2) is 0 Å². The Kier molecular flexibility index (Phi) is 3.91. The maximum absolute atomic E-state index is 10.6. The van der Waals surface area contributed by atoms with Crippen LogP contribution in [0.5, 0.6) is 0 Å². The van der Waals surface area contributed by atoms with Crippen molar-refractivity contribution in [3.8, 4) is 0 Å². The third-order valence-corrected chi connectivity index (χ3v) is 2.77. The lowest BCUT2D eigenvalue weighted by atomic mass is 10.2. The average Bonchev–Trinajstić information content (AvgIpc) is 2.39. The Morgan fingerprint density at radius 2 is 2.16 bits per heavy atom. The quantitative estimate of drug-likeness (QED) is 0.687. The van der Waals surface area contributed by atoms with E-state index in [1.54, 1.807) is 18.5 Å². The number of anilines is 1. The van der Waals surface area contributed by atoms with E-state index in [0.29, 0.717) is 17.3 Å². The zero-order valence-corrected chi connectivity index (χ0v) is 10.9.